The van der Waals surface area contributed by atoms with Crippen molar-refractivity contribution in [3.63, 3.8) is 0 Å². The second kappa shape index (κ2) is 7.11. The van der Waals surface area contributed by atoms with Gasteiger partial charge in [0.2, 0.25) is 0 Å². The first-order valence-electron chi connectivity index (χ1n) is 7.58. The van der Waals surface area contributed by atoms with Gasteiger partial charge in [-0.25, -0.2) is 9.97 Å². The van der Waals surface area contributed by atoms with Crippen LogP contribution in [-0.2, 0) is 6.42 Å². The number of carbonyl (C=O) groups is 2. The molecule has 0 fully saturated rings. The maximum absolute atomic E-state index is 12.3. The average Bonchev–Trinajstić information content (AvgIpc) is 2.86. The molecule has 24 heavy (non-hydrogen) atoms. The number of aliphatic hydroxyl groups is 1. The summed E-state index contributed by atoms with van der Waals surface area (Å²) in [6, 6.07) is 6.70. The summed E-state index contributed by atoms with van der Waals surface area (Å²) < 4.78 is 0. The molecule has 0 unspecified atom stereocenters. The number of hydrogen-bond donors (Lipinski definition) is 1. The molecule has 1 aliphatic heterocycles. The third kappa shape index (κ3) is 3.32. The molecule has 3 rings (SSSR count). The highest BCUT2D eigenvalue weighted by Crippen LogP contribution is 2.23. The first kappa shape index (κ1) is 16.6. The van der Waals surface area contributed by atoms with E-state index in [1.165, 1.54) is 0 Å². The molecule has 1 N–H and O–H groups in total. The van der Waals surface area contributed by atoms with Crippen molar-refractivity contribution in [2.45, 2.75) is 23.8 Å². The number of imide groups is 1. The molecule has 0 radical (unpaired) electrons. The van der Waals surface area contributed by atoms with Gasteiger partial charge in [-0.05, 0) is 24.8 Å². The number of β-amino-alcohol motifs (C(OH)–C–C–N with tert-alkyl or cyclic N) is 1. The van der Waals surface area contributed by atoms with Crippen LogP contribution in [0.3, 0.4) is 0 Å². The molecule has 1 aromatic carbocycles. The second-order valence-electron chi connectivity index (χ2n) is 5.50. The summed E-state index contributed by atoms with van der Waals surface area (Å²) in [4.78, 5) is 35.0. The molecule has 7 heteroatoms. The normalized spacial score (nSPS) is 14.8. The molecule has 2 heterocycles. The molecule has 0 saturated heterocycles. The third-order valence-electron chi connectivity index (χ3n) is 3.89. The SMILES string of the molecule is CSc1cnc(CC[C@@H](O)CN2C(=O)c3ccccc3C2=O)nc1. The molecule has 1 aliphatic rings. The van der Waals surface area contributed by atoms with Gasteiger partial charge in [0.05, 0.1) is 23.8 Å². The van der Waals surface area contributed by atoms with Crippen LogP contribution in [-0.4, -0.2) is 50.7 Å². The van der Waals surface area contributed by atoms with Gasteiger partial charge in [-0.2, -0.15) is 0 Å². The van der Waals surface area contributed by atoms with E-state index in [9.17, 15) is 14.7 Å². The Labute approximate surface area is 143 Å². The maximum atomic E-state index is 12.3. The van der Waals surface area contributed by atoms with E-state index in [1.54, 1.807) is 48.4 Å². The van der Waals surface area contributed by atoms with Crippen LogP contribution in [0.25, 0.3) is 0 Å². The molecule has 0 saturated carbocycles. The Morgan fingerprint density at radius 1 is 1.12 bits per heavy atom. The number of amides is 2. The molecule has 1 aromatic heterocycles. The number of aromatic nitrogens is 2. The van der Waals surface area contributed by atoms with Crippen LogP contribution in [0.5, 0.6) is 0 Å². The number of aryl methyl sites for hydroxylation is 1. The van der Waals surface area contributed by atoms with Gasteiger partial charge in [0.25, 0.3) is 11.8 Å². The zero-order chi connectivity index (χ0) is 17.1. The molecule has 2 amide bonds. The fourth-order valence-corrected chi connectivity index (χ4v) is 2.90. The summed E-state index contributed by atoms with van der Waals surface area (Å²) in [7, 11) is 0. The molecule has 0 spiro atoms. The van der Waals surface area contributed by atoms with E-state index in [0.29, 0.717) is 29.8 Å². The zero-order valence-electron chi connectivity index (χ0n) is 13.2. The molecule has 124 valence electrons. The van der Waals surface area contributed by atoms with Crippen molar-refractivity contribution in [3.05, 3.63) is 53.6 Å². The Bertz CT molecular complexity index is 729. The Morgan fingerprint density at radius 2 is 1.71 bits per heavy atom. The number of nitrogens with zero attached hydrogens (tertiary/aromatic N) is 3. The minimum absolute atomic E-state index is 0.0186. The predicted octanol–water partition coefficient (Wildman–Crippen LogP) is 1.79. The summed E-state index contributed by atoms with van der Waals surface area (Å²) in [5.74, 6) is -0.0698. The van der Waals surface area contributed by atoms with Gasteiger partial charge >= 0.3 is 0 Å². The summed E-state index contributed by atoms with van der Waals surface area (Å²) in [6.07, 6.45) is 5.48. The Balaban J connectivity index is 1.58. The highest BCUT2D eigenvalue weighted by atomic mass is 32.2. The number of carbonyl (C=O) groups excluding carboxylic acids is 2. The van der Waals surface area contributed by atoms with Crippen molar-refractivity contribution in [2.75, 3.05) is 12.8 Å². The molecule has 0 bridgehead atoms. The van der Waals surface area contributed by atoms with Gasteiger partial charge in [0, 0.05) is 23.7 Å². The minimum atomic E-state index is -0.809. The fourth-order valence-electron chi connectivity index (χ4n) is 2.58. The standard InChI is InChI=1S/C17H17N3O3S/c1-24-12-8-18-15(19-9-12)7-6-11(21)10-20-16(22)13-4-2-3-5-14(13)17(20)23/h2-5,8-9,11,21H,6-7,10H2,1H3/t11-/m1/s1. The van der Waals surface area contributed by atoms with Crippen LogP contribution in [0.4, 0.5) is 0 Å². The van der Waals surface area contributed by atoms with Crippen LogP contribution in [0.2, 0.25) is 0 Å². The molecular weight excluding hydrogens is 326 g/mol. The minimum Gasteiger partial charge on any atom is -0.391 e. The van der Waals surface area contributed by atoms with Gasteiger partial charge in [0.1, 0.15) is 5.82 Å². The van der Waals surface area contributed by atoms with Crippen molar-refractivity contribution in [1.82, 2.24) is 14.9 Å². The van der Waals surface area contributed by atoms with Crippen molar-refractivity contribution in [2.24, 2.45) is 0 Å². The van der Waals surface area contributed by atoms with E-state index in [4.69, 9.17) is 0 Å². The number of aliphatic hydroxyl groups excluding tert-OH is 1. The average molecular weight is 343 g/mol. The number of thioether (sulfide) groups is 1. The van der Waals surface area contributed by atoms with Crippen LogP contribution in [0.1, 0.15) is 33.0 Å². The fraction of sp³-hybridized carbons (Fsp3) is 0.294. The van der Waals surface area contributed by atoms with E-state index in [-0.39, 0.29) is 18.4 Å². The Kier molecular flexibility index (Phi) is 4.92. The smallest absolute Gasteiger partial charge is 0.261 e. The maximum Gasteiger partial charge on any atom is 0.261 e. The van der Waals surface area contributed by atoms with Crippen molar-refractivity contribution in [1.29, 1.82) is 0 Å². The van der Waals surface area contributed by atoms with Crippen LogP contribution >= 0.6 is 11.8 Å². The largest absolute Gasteiger partial charge is 0.391 e. The monoisotopic (exact) mass is 343 g/mol. The Hall–Kier alpha value is -2.25. The first-order valence-corrected chi connectivity index (χ1v) is 8.81. The highest BCUT2D eigenvalue weighted by molar-refractivity contribution is 7.98. The lowest BCUT2D eigenvalue weighted by Crippen LogP contribution is -2.37. The lowest BCUT2D eigenvalue weighted by atomic mass is 10.1. The van der Waals surface area contributed by atoms with E-state index in [2.05, 4.69) is 9.97 Å². The van der Waals surface area contributed by atoms with Crippen molar-refractivity contribution < 1.29 is 14.7 Å². The first-order chi connectivity index (χ1) is 11.6. The summed E-state index contributed by atoms with van der Waals surface area (Å²) >= 11 is 1.56. The third-order valence-corrected chi connectivity index (χ3v) is 4.57. The lowest BCUT2D eigenvalue weighted by Gasteiger charge is -2.18. The zero-order valence-corrected chi connectivity index (χ0v) is 14.0. The Morgan fingerprint density at radius 3 is 2.25 bits per heavy atom. The second-order valence-corrected chi connectivity index (χ2v) is 6.38. The van der Waals surface area contributed by atoms with Crippen molar-refractivity contribution >= 4 is 23.6 Å². The van der Waals surface area contributed by atoms with E-state index in [0.717, 1.165) is 9.80 Å². The lowest BCUT2D eigenvalue weighted by molar-refractivity contribution is 0.0533. The van der Waals surface area contributed by atoms with E-state index >= 15 is 0 Å². The molecule has 6 nitrogen and oxygen atoms in total. The molecular formula is C17H17N3O3S. The number of benzene rings is 1. The van der Waals surface area contributed by atoms with Crippen LogP contribution < -0.4 is 0 Å². The summed E-state index contributed by atoms with van der Waals surface area (Å²) in [5, 5.41) is 10.2. The molecule has 2 aromatic rings. The van der Waals surface area contributed by atoms with E-state index < -0.39 is 6.10 Å². The van der Waals surface area contributed by atoms with Crippen LogP contribution in [0.15, 0.2) is 41.6 Å². The molecule has 1 atom stereocenters. The van der Waals surface area contributed by atoms with Gasteiger partial charge in [-0.3, -0.25) is 14.5 Å². The topological polar surface area (TPSA) is 83.4 Å². The summed E-state index contributed by atoms with van der Waals surface area (Å²) in [6.45, 7) is -0.0186. The molecule has 0 aliphatic carbocycles. The van der Waals surface area contributed by atoms with E-state index in [1.807, 2.05) is 6.26 Å². The predicted molar refractivity (Wildman–Crippen MR) is 89.9 cm³/mol. The van der Waals surface area contributed by atoms with Gasteiger partial charge in [-0.15, -0.1) is 11.8 Å². The summed E-state index contributed by atoms with van der Waals surface area (Å²) in [5.41, 5.74) is 0.788. The van der Waals surface area contributed by atoms with Gasteiger partial charge < -0.3 is 5.11 Å². The van der Waals surface area contributed by atoms with Gasteiger partial charge in [0.15, 0.2) is 0 Å². The number of fused-ring (bicyclic) bond motifs is 1. The van der Waals surface area contributed by atoms with Gasteiger partial charge in [-0.1, -0.05) is 12.1 Å². The highest BCUT2D eigenvalue weighted by Gasteiger charge is 2.35. The van der Waals surface area contributed by atoms with Crippen LogP contribution in [0, 0.1) is 0 Å². The quantitative estimate of drug-likeness (QED) is 0.636. The van der Waals surface area contributed by atoms with Crippen molar-refractivity contribution in [3.8, 4) is 0 Å². The number of hydrogen-bond acceptors (Lipinski definition) is 6. The number of rotatable bonds is 6.